The van der Waals surface area contributed by atoms with Crippen LogP contribution in [-0.4, -0.2) is 53.4 Å². The number of aliphatic hydroxyl groups is 1. The third-order valence-corrected chi connectivity index (χ3v) is 5.44. The Hall–Kier alpha value is -3.18. The van der Waals surface area contributed by atoms with Crippen LogP contribution in [-0.2, 0) is 22.1 Å². The normalized spacial score (nSPS) is 20.4. The lowest BCUT2D eigenvalue weighted by atomic mass is 9.97. The number of urea groups is 1. The molecule has 0 radical (unpaired) electrons. The number of ether oxygens (including phenoxy) is 1. The van der Waals surface area contributed by atoms with Crippen LogP contribution in [0.15, 0.2) is 48.7 Å². The number of carbonyl (C=O) groups excluding carboxylic acids is 2. The van der Waals surface area contributed by atoms with Gasteiger partial charge >= 0.3 is 12.2 Å². The Bertz CT molecular complexity index is 941. The van der Waals surface area contributed by atoms with Crippen molar-refractivity contribution in [2.24, 2.45) is 0 Å². The Morgan fingerprint density at radius 1 is 1.12 bits per heavy atom. The molecule has 1 fully saturated rings. The number of benzene rings is 1. The molecule has 0 saturated carbocycles. The molecule has 3 atom stereocenters. The van der Waals surface area contributed by atoms with E-state index >= 15 is 0 Å². The summed E-state index contributed by atoms with van der Waals surface area (Å²) in [6.07, 6.45) is -1.77. The number of hydrogen-bond acceptors (Lipinski definition) is 5. The van der Waals surface area contributed by atoms with Crippen molar-refractivity contribution in [2.75, 3.05) is 18.5 Å². The number of hydrogen-bond donors (Lipinski definition) is 4. The number of carbonyl (C=O) groups is 2. The molecule has 1 aromatic heterocycles. The first-order valence-corrected chi connectivity index (χ1v) is 10.9. The predicted molar refractivity (Wildman–Crippen MR) is 118 cm³/mol. The Morgan fingerprint density at radius 3 is 2.53 bits per heavy atom. The Morgan fingerprint density at radius 2 is 1.88 bits per heavy atom. The molecule has 1 aliphatic rings. The average molecular weight is 480 g/mol. The number of halogens is 3. The Labute approximate surface area is 194 Å². The largest absolute Gasteiger partial charge is 0.416 e. The lowest BCUT2D eigenvalue weighted by Crippen LogP contribution is -2.52. The summed E-state index contributed by atoms with van der Waals surface area (Å²) in [6, 6.07) is 8.40. The van der Waals surface area contributed by atoms with Crippen LogP contribution in [0.3, 0.4) is 0 Å². The quantitative estimate of drug-likeness (QED) is 0.464. The number of rotatable bonds is 8. The van der Waals surface area contributed by atoms with Crippen LogP contribution in [0.2, 0.25) is 0 Å². The second-order valence-corrected chi connectivity index (χ2v) is 7.97. The molecule has 0 spiro atoms. The highest BCUT2D eigenvalue weighted by molar-refractivity contribution is 5.89. The molecule has 0 bridgehead atoms. The van der Waals surface area contributed by atoms with E-state index in [1.54, 1.807) is 18.3 Å². The SMILES string of the molecule is O=C(Cc1ccccn1)NCC[C@@H]1CC[C@@H](NC(=O)Nc2ccc(C(F)(F)F)cc2)[C@@H](CO)O1. The molecule has 3 amide bonds. The lowest BCUT2D eigenvalue weighted by molar-refractivity contribution is -0.137. The van der Waals surface area contributed by atoms with Gasteiger partial charge in [-0.3, -0.25) is 9.78 Å². The molecule has 3 rings (SSSR count). The van der Waals surface area contributed by atoms with E-state index in [0.717, 1.165) is 12.1 Å². The highest BCUT2D eigenvalue weighted by atomic mass is 19.4. The number of amides is 3. The Balaban J connectivity index is 1.40. The van der Waals surface area contributed by atoms with E-state index in [1.807, 2.05) is 6.07 Å². The van der Waals surface area contributed by atoms with E-state index in [9.17, 15) is 27.9 Å². The van der Waals surface area contributed by atoms with Crippen molar-refractivity contribution in [3.05, 3.63) is 59.9 Å². The zero-order valence-corrected chi connectivity index (χ0v) is 18.3. The lowest BCUT2D eigenvalue weighted by Gasteiger charge is -2.36. The van der Waals surface area contributed by atoms with Gasteiger partial charge in [0.15, 0.2) is 0 Å². The minimum atomic E-state index is -4.45. The summed E-state index contributed by atoms with van der Waals surface area (Å²) >= 11 is 0. The zero-order chi connectivity index (χ0) is 24.6. The molecule has 11 heteroatoms. The van der Waals surface area contributed by atoms with Gasteiger partial charge < -0.3 is 25.8 Å². The van der Waals surface area contributed by atoms with Crippen LogP contribution in [0.1, 0.15) is 30.5 Å². The number of pyridine rings is 1. The average Bonchev–Trinajstić information content (AvgIpc) is 2.80. The van der Waals surface area contributed by atoms with Crippen molar-refractivity contribution in [2.45, 2.75) is 50.1 Å². The number of aromatic nitrogens is 1. The van der Waals surface area contributed by atoms with E-state index in [2.05, 4.69) is 20.9 Å². The number of alkyl halides is 3. The van der Waals surface area contributed by atoms with Gasteiger partial charge in [0.2, 0.25) is 5.91 Å². The number of nitrogens with zero attached hydrogens (tertiary/aromatic N) is 1. The first-order chi connectivity index (χ1) is 16.2. The molecule has 8 nitrogen and oxygen atoms in total. The molecule has 4 N–H and O–H groups in total. The van der Waals surface area contributed by atoms with Gasteiger partial charge in [-0.25, -0.2) is 4.79 Å². The second-order valence-electron chi connectivity index (χ2n) is 7.97. The monoisotopic (exact) mass is 480 g/mol. The summed E-state index contributed by atoms with van der Waals surface area (Å²) < 4.78 is 43.8. The van der Waals surface area contributed by atoms with Crippen molar-refractivity contribution < 1.29 is 32.6 Å². The summed E-state index contributed by atoms with van der Waals surface area (Å²) in [7, 11) is 0. The third-order valence-electron chi connectivity index (χ3n) is 5.44. The fourth-order valence-corrected chi connectivity index (χ4v) is 3.69. The van der Waals surface area contributed by atoms with E-state index in [-0.39, 0.29) is 30.7 Å². The smallest absolute Gasteiger partial charge is 0.394 e. The minimum Gasteiger partial charge on any atom is -0.394 e. The van der Waals surface area contributed by atoms with Crippen molar-refractivity contribution in [1.82, 2.24) is 15.6 Å². The van der Waals surface area contributed by atoms with Crippen molar-refractivity contribution in [3.8, 4) is 0 Å². The molecule has 0 aliphatic carbocycles. The number of aliphatic hydroxyl groups excluding tert-OH is 1. The molecular weight excluding hydrogens is 453 g/mol. The fourth-order valence-electron chi connectivity index (χ4n) is 3.69. The van der Waals surface area contributed by atoms with Crippen LogP contribution < -0.4 is 16.0 Å². The van der Waals surface area contributed by atoms with Crippen LogP contribution in [0.4, 0.5) is 23.7 Å². The summed E-state index contributed by atoms with van der Waals surface area (Å²) in [5, 5.41) is 17.7. The first-order valence-electron chi connectivity index (χ1n) is 10.9. The van der Waals surface area contributed by atoms with Crippen LogP contribution in [0.5, 0.6) is 0 Å². The number of nitrogens with one attached hydrogen (secondary N) is 3. The van der Waals surface area contributed by atoms with Gasteiger partial charge in [0.25, 0.3) is 0 Å². The van der Waals surface area contributed by atoms with Gasteiger partial charge in [-0.1, -0.05) is 6.07 Å². The zero-order valence-electron chi connectivity index (χ0n) is 18.3. The maximum absolute atomic E-state index is 12.7. The van der Waals surface area contributed by atoms with Gasteiger partial charge in [-0.15, -0.1) is 0 Å². The molecule has 34 heavy (non-hydrogen) atoms. The molecule has 184 valence electrons. The van der Waals surface area contributed by atoms with Gasteiger partial charge in [-0.2, -0.15) is 13.2 Å². The summed E-state index contributed by atoms with van der Waals surface area (Å²) in [6.45, 7) is 0.0920. The summed E-state index contributed by atoms with van der Waals surface area (Å²) in [5.41, 5.74) is 0.0818. The third kappa shape index (κ3) is 7.70. The van der Waals surface area contributed by atoms with Crippen LogP contribution >= 0.6 is 0 Å². The van der Waals surface area contributed by atoms with E-state index in [4.69, 9.17) is 4.74 Å². The molecule has 1 saturated heterocycles. The minimum absolute atomic E-state index is 0.146. The first kappa shape index (κ1) is 25.4. The van der Waals surface area contributed by atoms with Crippen molar-refractivity contribution >= 4 is 17.6 Å². The second kappa shape index (κ2) is 11.8. The molecule has 1 aliphatic heterocycles. The predicted octanol–water partition coefficient (Wildman–Crippen LogP) is 2.88. The molecule has 2 aromatic rings. The van der Waals surface area contributed by atoms with E-state index in [0.29, 0.717) is 31.5 Å². The van der Waals surface area contributed by atoms with E-state index in [1.165, 1.54) is 12.1 Å². The molecule has 0 unspecified atom stereocenters. The topological polar surface area (TPSA) is 113 Å². The van der Waals surface area contributed by atoms with Gasteiger partial charge in [0, 0.05) is 24.1 Å². The summed E-state index contributed by atoms with van der Waals surface area (Å²) in [5.74, 6) is -0.146. The highest BCUT2D eigenvalue weighted by Crippen LogP contribution is 2.29. The maximum atomic E-state index is 12.7. The van der Waals surface area contributed by atoms with Crippen LogP contribution in [0.25, 0.3) is 0 Å². The van der Waals surface area contributed by atoms with Gasteiger partial charge in [0.1, 0.15) is 6.10 Å². The van der Waals surface area contributed by atoms with Gasteiger partial charge in [0.05, 0.1) is 30.7 Å². The van der Waals surface area contributed by atoms with E-state index < -0.39 is 29.9 Å². The van der Waals surface area contributed by atoms with Crippen LogP contribution in [0, 0.1) is 0 Å². The molecule has 2 heterocycles. The maximum Gasteiger partial charge on any atom is 0.416 e. The molecule has 1 aromatic carbocycles. The molecular formula is C23H27F3N4O4. The van der Waals surface area contributed by atoms with Crippen molar-refractivity contribution in [3.63, 3.8) is 0 Å². The Kier molecular flexibility index (Phi) is 8.83. The fraction of sp³-hybridized carbons (Fsp3) is 0.435. The number of anilines is 1. The van der Waals surface area contributed by atoms with Gasteiger partial charge in [-0.05, 0) is 55.7 Å². The highest BCUT2D eigenvalue weighted by Gasteiger charge is 2.32. The standard InChI is InChI=1S/C23H27F3N4O4/c24-23(25,26)15-4-6-16(7-5-15)29-22(33)30-19-9-8-18(34-20(19)14-31)10-12-28-21(32)13-17-3-1-2-11-27-17/h1-7,11,18-20,31H,8-10,12-14H2,(H,28,32)(H2,29,30,33)/t18-,19+,20+/m0/s1. The van der Waals surface area contributed by atoms with Crippen molar-refractivity contribution in [1.29, 1.82) is 0 Å². The summed E-state index contributed by atoms with van der Waals surface area (Å²) in [4.78, 5) is 28.4.